The minimum atomic E-state index is -0.772. The lowest BCUT2D eigenvalue weighted by molar-refractivity contribution is -0.122. The molecule has 0 aliphatic carbocycles. The van der Waals surface area contributed by atoms with Crippen LogP contribution in [0.15, 0.2) is 52.5 Å². The van der Waals surface area contributed by atoms with E-state index in [1.807, 2.05) is 45.0 Å². The number of barbiturate groups is 1. The third kappa shape index (κ3) is 3.78. The molecular formula is C24H21BrN4O3. The van der Waals surface area contributed by atoms with Crippen LogP contribution in [0.1, 0.15) is 28.1 Å². The number of carbonyl (C=O) groups is 3. The van der Waals surface area contributed by atoms with Crippen molar-refractivity contribution in [1.82, 2.24) is 15.1 Å². The van der Waals surface area contributed by atoms with Crippen LogP contribution in [-0.4, -0.2) is 27.6 Å². The van der Waals surface area contributed by atoms with Crippen molar-refractivity contribution in [1.29, 1.82) is 0 Å². The lowest BCUT2D eigenvalue weighted by atomic mass is 10.0. The maximum Gasteiger partial charge on any atom is 0.335 e. The molecule has 1 fully saturated rings. The second kappa shape index (κ2) is 8.20. The fourth-order valence-corrected chi connectivity index (χ4v) is 4.17. The van der Waals surface area contributed by atoms with E-state index in [9.17, 15) is 14.4 Å². The molecule has 1 aliphatic rings. The summed E-state index contributed by atoms with van der Waals surface area (Å²) in [6.07, 6.45) is 1.51. The van der Waals surface area contributed by atoms with E-state index in [4.69, 9.17) is 0 Å². The van der Waals surface area contributed by atoms with Crippen molar-refractivity contribution in [2.75, 3.05) is 4.90 Å². The van der Waals surface area contributed by atoms with Crippen LogP contribution in [0.4, 0.5) is 10.5 Å². The third-order valence-electron chi connectivity index (χ3n) is 5.42. The van der Waals surface area contributed by atoms with Gasteiger partial charge in [0, 0.05) is 15.7 Å². The fraction of sp³-hybridized carbons (Fsp3) is 0.167. The number of nitrogens with zero attached hydrogens (tertiary/aromatic N) is 3. The summed E-state index contributed by atoms with van der Waals surface area (Å²) in [5.41, 5.74) is 5.13. The van der Waals surface area contributed by atoms with Crippen molar-refractivity contribution in [3.8, 4) is 5.69 Å². The van der Waals surface area contributed by atoms with E-state index in [1.165, 1.54) is 6.08 Å². The van der Waals surface area contributed by atoms with Gasteiger partial charge in [0.1, 0.15) is 5.57 Å². The van der Waals surface area contributed by atoms with Gasteiger partial charge in [-0.1, -0.05) is 33.6 Å². The van der Waals surface area contributed by atoms with Crippen LogP contribution in [0.25, 0.3) is 11.8 Å². The summed E-state index contributed by atoms with van der Waals surface area (Å²) >= 11 is 3.38. The number of anilines is 1. The van der Waals surface area contributed by atoms with Crippen LogP contribution in [-0.2, 0) is 9.59 Å². The van der Waals surface area contributed by atoms with E-state index in [0.717, 1.165) is 31.9 Å². The molecule has 7 nitrogen and oxygen atoms in total. The van der Waals surface area contributed by atoms with Crippen molar-refractivity contribution < 1.29 is 14.4 Å². The molecule has 1 aromatic heterocycles. The first kappa shape index (κ1) is 21.7. The maximum absolute atomic E-state index is 13.3. The highest BCUT2D eigenvalue weighted by Gasteiger charge is 2.37. The van der Waals surface area contributed by atoms with Crippen LogP contribution in [0, 0.1) is 27.7 Å². The molecule has 4 amide bonds. The van der Waals surface area contributed by atoms with Crippen LogP contribution >= 0.6 is 15.9 Å². The molecule has 0 radical (unpaired) electrons. The predicted octanol–water partition coefficient (Wildman–Crippen LogP) is 4.53. The van der Waals surface area contributed by atoms with Gasteiger partial charge in [-0.25, -0.2) is 14.4 Å². The highest BCUT2D eigenvalue weighted by molar-refractivity contribution is 9.10. The molecule has 0 bridgehead atoms. The van der Waals surface area contributed by atoms with E-state index in [1.54, 1.807) is 29.8 Å². The molecule has 162 valence electrons. The van der Waals surface area contributed by atoms with Gasteiger partial charge in [0.15, 0.2) is 0 Å². The largest absolute Gasteiger partial charge is 0.335 e. The zero-order valence-corrected chi connectivity index (χ0v) is 19.6. The third-order valence-corrected chi connectivity index (χ3v) is 5.91. The van der Waals surface area contributed by atoms with E-state index in [2.05, 4.69) is 26.3 Å². The monoisotopic (exact) mass is 492 g/mol. The Morgan fingerprint density at radius 2 is 1.66 bits per heavy atom. The number of benzene rings is 2. The number of urea groups is 1. The van der Waals surface area contributed by atoms with Crippen molar-refractivity contribution in [3.63, 3.8) is 0 Å². The van der Waals surface area contributed by atoms with Crippen molar-refractivity contribution in [2.24, 2.45) is 0 Å². The number of amides is 4. The average Bonchev–Trinajstić information content (AvgIpc) is 3.01. The lowest BCUT2D eigenvalue weighted by Gasteiger charge is -2.27. The molecule has 2 heterocycles. The normalized spacial score (nSPS) is 15.5. The molecule has 0 unspecified atom stereocenters. The second-order valence-corrected chi connectivity index (χ2v) is 8.64. The zero-order valence-electron chi connectivity index (χ0n) is 18.1. The Balaban J connectivity index is 1.78. The fourth-order valence-electron chi connectivity index (χ4n) is 3.69. The Morgan fingerprint density at radius 1 is 0.969 bits per heavy atom. The quantitative estimate of drug-likeness (QED) is 0.429. The molecule has 0 atom stereocenters. The van der Waals surface area contributed by atoms with Crippen LogP contribution in [0.5, 0.6) is 0 Å². The van der Waals surface area contributed by atoms with Crippen LogP contribution < -0.4 is 10.2 Å². The summed E-state index contributed by atoms with van der Waals surface area (Å²) in [6.45, 7) is 7.49. The summed E-state index contributed by atoms with van der Waals surface area (Å²) in [5, 5.41) is 6.86. The Bertz CT molecular complexity index is 1310. The number of halogens is 1. The summed E-state index contributed by atoms with van der Waals surface area (Å²) < 4.78 is 2.60. The predicted molar refractivity (Wildman–Crippen MR) is 126 cm³/mol. The summed E-state index contributed by atoms with van der Waals surface area (Å²) in [5.74, 6) is -1.40. The number of aromatic nitrogens is 2. The van der Waals surface area contributed by atoms with E-state index < -0.39 is 17.8 Å². The van der Waals surface area contributed by atoms with Crippen LogP contribution in [0.3, 0.4) is 0 Å². The zero-order chi connectivity index (χ0) is 23.2. The summed E-state index contributed by atoms with van der Waals surface area (Å²) in [7, 11) is 0. The molecule has 0 spiro atoms. The lowest BCUT2D eigenvalue weighted by Crippen LogP contribution is -2.54. The molecule has 1 saturated heterocycles. The van der Waals surface area contributed by atoms with Gasteiger partial charge in [0.25, 0.3) is 11.8 Å². The van der Waals surface area contributed by atoms with E-state index in [-0.39, 0.29) is 5.57 Å². The van der Waals surface area contributed by atoms with Gasteiger partial charge in [0.2, 0.25) is 0 Å². The Kier molecular flexibility index (Phi) is 5.56. The molecule has 1 aliphatic heterocycles. The van der Waals surface area contributed by atoms with Gasteiger partial charge in [-0.15, -0.1) is 0 Å². The second-order valence-electron chi connectivity index (χ2n) is 7.72. The molecule has 1 N–H and O–H groups in total. The minimum Gasteiger partial charge on any atom is -0.273 e. The molecule has 8 heteroatoms. The Morgan fingerprint density at radius 3 is 2.31 bits per heavy atom. The van der Waals surface area contributed by atoms with E-state index >= 15 is 0 Å². The Labute approximate surface area is 193 Å². The van der Waals surface area contributed by atoms with Crippen molar-refractivity contribution in [2.45, 2.75) is 27.7 Å². The van der Waals surface area contributed by atoms with Gasteiger partial charge in [-0.2, -0.15) is 5.10 Å². The first-order valence-corrected chi connectivity index (χ1v) is 10.8. The standard InChI is InChI=1S/C24H21BrN4O3/c1-13-5-8-18(9-6-13)29-16(4)19(15(3)27-29)12-20-22(30)26-24(32)28(23(20)31)21-10-7-17(25)11-14(21)2/h5-12H,1-4H3,(H,26,30,32)/b20-12-. The first-order valence-electron chi connectivity index (χ1n) is 9.98. The Hall–Kier alpha value is -3.52. The van der Waals surface area contributed by atoms with Gasteiger partial charge >= 0.3 is 6.03 Å². The number of hydrogen-bond donors (Lipinski definition) is 1. The first-order chi connectivity index (χ1) is 15.2. The maximum atomic E-state index is 13.3. The van der Waals surface area contributed by atoms with Gasteiger partial charge in [-0.05, 0) is 69.7 Å². The smallest absolute Gasteiger partial charge is 0.273 e. The van der Waals surface area contributed by atoms with Crippen molar-refractivity contribution >= 4 is 45.5 Å². The van der Waals surface area contributed by atoms with Gasteiger partial charge in [-0.3, -0.25) is 14.9 Å². The summed E-state index contributed by atoms with van der Waals surface area (Å²) in [4.78, 5) is 39.4. The number of hydrogen-bond acceptors (Lipinski definition) is 4. The SMILES string of the molecule is Cc1ccc(-n2nc(C)c(/C=C3/C(=O)NC(=O)N(c4ccc(Br)cc4C)C3=O)c2C)cc1. The molecule has 0 saturated carbocycles. The van der Waals surface area contributed by atoms with Gasteiger partial charge in [0.05, 0.1) is 17.1 Å². The number of aryl methyl sites for hydroxylation is 3. The molecule has 2 aromatic carbocycles. The minimum absolute atomic E-state index is 0.124. The number of carbonyl (C=O) groups excluding carboxylic acids is 3. The number of imide groups is 2. The molecule has 4 rings (SSSR count). The molecule has 32 heavy (non-hydrogen) atoms. The molecular weight excluding hydrogens is 472 g/mol. The topological polar surface area (TPSA) is 84.3 Å². The number of rotatable bonds is 3. The van der Waals surface area contributed by atoms with Gasteiger partial charge < -0.3 is 0 Å². The highest BCUT2D eigenvalue weighted by Crippen LogP contribution is 2.28. The highest BCUT2D eigenvalue weighted by atomic mass is 79.9. The number of nitrogens with one attached hydrogen (secondary N) is 1. The van der Waals surface area contributed by atoms with Crippen LogP contribution in [0.2, 0.25) is 0 Å². The molecule has 3 aromatic rings. The average molecular weight is 493 g/mol. The summed E-state index contributed by atoms with van der Waals surface area (Å²) in [6, 6.07) is 12.3. The van der Waals surface area contributed by atoms with E-state index in [0.29, 0.717) is 16.9 Å². The van der Waals surface area contributed by atoms with Crippen molar-refractivity contribution in [3.05, 3.63) is 80.6 Å².